The van der Waals surface area contributed by atoms with E-state index in [1.165, 1.54) is 30.6 Å². The molecule has 8 nitrogen and oxygen atoms in total. The lowest BCUT2D eigenvalue weighted by Gasteiger charge is -2.31. The number of carbonyl (C=O) groups is 1. The van der Waals surface area contributed by atoms with Crippen LogP contribution in [0.1, 0.15) is 23.0 Å². The molecule has 2 aliphatic heterocycles. The molecule has 1 N–H and O–H groups in total. The molecule has 0 unspecified atom stereocenters. The van der Waals surface area contributed by atoms with E-state index in [0.29, 0.717) is 22.1 Å². The molecule has 0 radical (unpaired) electrons. The van der Waals surface area contributed by atoms with Crippen LogP contribution in [0.4, 0.5) is 4.39 Å². The maximum Gasteiger partial charge on any atom is 0.338 e. The van der Waals surface area contributed by atoms with Crippen molar-refractivity contribution in [3.8, 4) is 0 Å². The summed E-state index contributed by atoms with van der Waals surface area (Å²) in [7, 11) is -2.24. The lowest BCUT2D eigenvalue weighted by atomic mass is 9.94. The van der Waals surface area contributed by atoms with E-state index < -0.39 is 33.9 Å². The minimum absolute atomic E-state index is 0.144. The van der Waals surface area contributed by atoms with Crippen LogP contribution in [0, 0.1) is 5.82 Å². The number of sulfonamides is 1. The summed E-state index contributed by atoms with van der Waals surface area (Å²) < 4.78 is 45.4. The Bertz CT molecular complexity index is 1200. The molecule has 4 rings (SSSR count). The van der Waals surface area contributed by atoms with E-state index in [1.807, 2.05) is 0 Å². The van der Waals surface area contributed by atoms with Crippen molar-refractivity contribution in [3.05, 3.63) is 62.5 Å². The fourth-order valence-corrected chi connectivity index (χ4v) is 5.44. The van der Waals surface area contributed by atoms with Crippen molar-refractivity contribution in [2.75, 3.05) is 19.9 Å². The van der Waals surface area contributed by atoms with Gasteiger partial charge in [0.2, 0.25) is 10.0 Å². The van der Waals surface area contributed by atoms with E-state index in [4.69, 9.17) is 21.3 Å². The van der Waals surface area contributed by atoms with E-state index in [-0.39, 0.29) is 23.6 Å². The first kappa shape index (κ1) is 21.9. The molecule has 0 spiro atoms. The van der Waals surface area contributed by atoms with Crippen LogP contribution in [0.2, 0.25) is 5.02 Å². The topological polar surface area (TPSA) is 101 Å². The smallest absolute Gasteiger partial charge is 0.338 e. The fourth-order valence-electron chi connectivity index (χ4n) is 3.81. The van der Waals surface area contributed by atoms with Crippen molar-refractivity contribution in [1.82, 2.24) is 14.6 Å². The maximum absolute atomic E-state index is 14.2. The summed E-state index contributed by atoms with van der Waals surface area (Å²) in [6.07, 6.45) is 2.92. The number of rotatable bonds is 5. The molecule has 31 heavy (non-hydrogen) atoms. The van der Waals surface area contributed by atoms with Crippen molar-refractivity contribution >= 4 is 44.8 Å². The van der Waals surface area contributed by atoms with Gasteiger partial charge >= 0.3 is 5.97 Å². The molecule has 2 aromatic rings. The van der Waals surface area contributed by atoms with Crippen molar-refractivity contribution in [3.63, 3.8) is 0 Å². The highest BCUT2D eigenvalue weighted by Gasteiger charge is 2.43. The zero-order chi connectivity index (χ0) is 22.3. The zero-order valence-corrected chi connectivity index (χ0v) is 18.9. The molecule has 0 aliphatic carbocycles. The Balaban J connectivity index is 1.91. The first-order valence-corrected chi connectivity index (χ1v) is 12.3. The first-order valence-electron chi connectivity index (χ1n) is 9.17. The summed E-state index contributed by atoms with van der Waals surface area (Å²) in [5.41, 5.74) is 1.04. The standard InChI is InChI=1S/C19H18ClFN4O4S2/c1-29-19(26)14-13-8-10(24-31(2,27)28)9-25(13)17(18-22-6-7-30-18)23-16(14)11-4-3-5-12(21)15(11)20/h3-7,10,16,24H,8-9H2,1-2H3/t10-,16-/m0/s1. The maximum atomic E-state index is 14.2. The van der Waals surface area contributed by atoms with Crippen LogP contribution < -0.4 is 4.72 Å². The van der Waals surface area contributed by atoms with Crippen LogP contribution >= 0.6 is 22.9 Å². The first-order chi connectivity index (χ1) is 14.7. The van der Waals surface area contributed by atoms with Gasteiger partial charge in [0.1, 0.15) is 11.9 Å². The molecule has 3 heterocycles. The number of nitrogens with zero attached hydrogens (tertiary/aromatic N) is 3. The second-order valence-electron chi connectivity index (χ2n) is 7.09. The third kappa shape index (κ3) is 4.22. The number of nitrogens with one attached hydrogen (secondary N) is 1. The average molecular weight is 485 g/mol. The fraction of sp³-hybridized carbons (Fsp3) is 0.316. The molecule has 0 saturated carbocycles. The minimum Gasteiger partial charge on any atom is -0.466 e. The van der Waals surface area contributed by atoms with Crippen LogP contribution in [0.3, 0.4) is 0 Å². The highest BCUT2D eigenvalue weighted by Crippen LogP contribution is 2.42. The largest absolute Gasteiger partial charge is 0.466 e. The molecule has 1 saturated heterocycles. The Morgan fingerprint density at radius 1 is 1.42 bits per heavy atom. The van der Waals surface area contributed by atoms with Gasteiger partial charge in [0.05, 0.1) is 24.0 Å². The third-order valence-electron chi connectivity index (χ3n) is 4.95. The number of halogens is 2. The van der Waals surface area contributed by atoms with Crippen molar-refractivity contribution < 1.29 is 22.3 Å². The molecule has 1 aromatic carbocycles. The zero-order valence-electron chi connectivity index (χ0n) is 16.5. The van der Waals surface area contributed by atoms with Crippen LogP contribution in [-0.2, 0) is 19.6 Å². The van der Waals surface area contributed by atoms with Crippen LogP contribution in [0.5, 0.6) is 0 Å². The number of carbonyl (C=O) groups excluding carboxylic acids is 1. The summed E-state index contributed by atoms with van der Waals surface area (Å²) in [5, 5.41) is 2.22. The van der Waals surface area contributed by atoms with E-state index in [1.54, 1.807) is 22.5 Å². The number of esters is 1. The number of hydrogen-bond acceptors (Lipinski definition) is 8. The number of aliphatic imine (C=N–C) groups is 1. The molecule has 0 bridgehead atoms. The molecule has 0 amide bonds. The summed E-state index contributed by atoms with van der Waals surface area (Å²) in [6, 6.07) is 2.89. The Hall–Kier alpha value is -2.34. The van der Waals surface area contributed by atoms with Gasteiger partial charge in [-0.15, -0.1) is 11.3 Å². The van der Waals surface area contributed by atoms with E-state index in [9.17, 15) is 17.6 Å². The summed E-state index contributed by atoms with van der Waals surface area (Å²) in [6.45, 7) is 0.255. The van der Waals surface area contributed by atoms with E-state index in [0.717, 1.165) is 6.26 Å². The van der Waals surface area contributed by atoms with Crippen LogP contribution in [0.25, 0.3) is 0 Å². The number of fused-ring (bicyclic) bond motifs is 1. The van der Waals surface area contributed by atoms with Gasteiger partial charge in [0.25, 0.3) is 0 Å². The van der Waals surface area contributed by atoms with Gasteiger partial charge in [0, 0.05) is 41.8 Å². The van der Waals surface area contributed by atoms with Gasteiger partial charge in [-0.2, -0.15) is 0 Å². The predicted molar refractivity (Wildman–Crippen MR) is 115 cm³/mol. The van der Waals surface area contributed by atoms with Crippen molar-refractivity contribution in [1.29, 1.82) is 0 Å². The van der Waals surface area contributed by atoms with Gasteiger partial charge < -0.3 is 9.64 Å². The molecular weight excluding hydrogens is 467 g/mol. The van der Waals surface area contributed by atoms with Crippen molar-refractivity contribution in [2.45, 2.75) is 18.5 Å². The normalized spacial score (nSPS) is 21.2. The quantitative estimate of drug-likeness (QED) is 0.654. The number of methoxy groups -OCH3 is 1. The number of hydrogen-bond donors (Lipinski definition) is 1. The minimum atomic E-state index is -3.48. The summed E-state index contributed by atoms with van der Waals surface area (Å²) >= 11 is 7.58. The number of aromatic nitrogens is 1. The summed E-state index contributed by atoms with van der Waals surface area (Å²) in [4.78, 5) is 23.6. The third-order valence-corrected chi connectivity index (χ3v) is 6.87. The second-order valence-corrected chi connectivity index (χ2v) is 10.1. The molecule has 1 fully saturated rings. The Kier molecular flexibility index (Phi) is 5.86. The van der Waals surface area contributed by atoms with Gasteiger partial charge in [0.15, 0.2) is 10.8 Å². The molecular formula is C19H18ClFN4O4S2. The van der Waals surface area contributed by atoms with Gasteiger partial charge in [-0.25, -0.2) is 27.3 Å². The van der Waals surface area contributed by atoms with Gasteiger partial charge in [-0.05, 0) is 6.07 Å². The molecule has 2 atom stereocenters. The second kappa shape index (κ2) is 8.30. The summed E-state index contributed by atoms with van der Waals surface area (Å²) in [5.74, 6) is -0.821. The monoisotopic (exact) mass is 484 g/mol. The predicted octanol–water partition coefficient (Wildman–Crippen LogP) is 2.49. The SMILES string of the molecule is COC(=O)C1=C2C[C@H](NS(C)(=O)=O)CN2C(c2nccs2)=N[C@H]1c1cccc(F)c1Cl. The highest BCUT2D eigenvalue weighted by atomic mass is 35.5. The molecule has 164 valence electrons. The molecule has 12 heteroatoms. The Labute approximate surface area is 187 Å². The van der Waals surface area contributed by atoms with Gasteiger partial charge in [-0.3, -0.25) is 4.99 Å². The van der Waals surface area contributed by atoms with Crippen LogP contribution in [-0.4, -0.2) is 56.1 Å². The number of amidine groups is 1. The number of ether oxygens (including phenoxy) is 1. The number of thiazole rings is 1. The molecule has 2 aliphatic rings. The lowest BCUT2D eigenvalue weighted by molar-refractivity contribution is -0.136. The average Bonchev–Trinajstić information content (AvgIpc) is 3.37. The van der Waals surface area contributed by atoms with Crippen molar-refractivity contribution in [2.24, 2.45) is 4.99 Å². The number of benzene rings is 1. The van der Waals surface area contributed by atoms with E-state index >= 15 is 0 Å². The van der Waals surface area contributed by atoms with Gasteiger partial charge in [-0.1, -0.05) is 23.7 Å². The van der Waals surface area contributed by atoms with Crippen LogP contribution in [0.15, 0.2) is 46.0 Å². The Morgan fingerprint density at radius 2 is 2.19 bits per heavy atom. The molecule has 1 aromatic heterocycles. The lowest BCUT2D eigenvalue weighted by Crippen LogP contribution is -2.39. The highest BCUT2D eigenvalue weighted by molar-refractivity contribution is 7.88. The van der Waals surface area contributed by atoms with E-state index in [2.05, 4.69) is 9.71 Å². The Morgan fingerprint density at radius 3 is 2.84 bits per heavy atom.